The first kappa shape index (κ1) is 10.4. The lowest BCUT2D eigenvalue weighted by molar-refractivity contribution is 0.102. The molecule has 16 heavy (non-hydrogen) atoms. The smallest absolute Gasteiger partial charge is 0.261 e. The molecule has 3 N–H and O–H groups in total. The van der Waals surface area contributed by atoms with E-state index in [2.05, 4.69) is 15.5 Å². The molecule has 7 heteroatoms. The fourth-order valence-electron chi connectivity index (χ4n) is 1.11. The Morgan fingerprint density at radius 1 is 1.38 bits per heavy atom. The van der Waals surface area contributed by atoms with Crippen molar-refractivity contribution in [3.05, 3.63) is 29.3 Å². The van der Waals surface area contributed by atoms with Gasteiger partial charge in [0.2, 0.25) is 5.13 Å². The number of nitrogens with zero attached hydrogens (tertiary/aromatic N) is 2. The normalized spacial score (nSPS) is 10.0. The summed E-state index contributed by atoms with van der Waals surface area (Å²) in [5.74, 6) is -1.35. The van der Waals surface area contributed by atoms with Gasteiger partial charge in [0, 0.05) is 0 Å². The number of rotatable bonds is 2. The molecule has 1 heterocycles. The van der Waals surface area contributed by atoms with Gasteiger partial charge in [0.05, 0.1) is 5.56 Å². The van der Waals surface area contributed by atoms with Crippen LogP contribution in [0.1, 0.15) is 10.4 Å². The maximum atomic E-state index is 11.6. The minimum atomic E-state index is -0.551. The van der Waals surface area contributed by atoms with E-state index in [1.165, 1.54) is 23.7 Å². The van der Waals surface area contributed by atoms with Crippen LogP contribution in [0.3, 0.4) is 0 Å². The van der Waals surface area contributed by atoms with Gasteiger partial charge in [0.15, 0.2) is 11.5 Å². The Morgan fingerprint density at radius 2 is 2.19 bits per heavy atom. The van der Waals surface area contributed by atoms with Crippen LogP contribution in [0, 0.1) is 0 Å². The predicted octanol–water partition coefficient (Wildman–Crippen LogP) is 1.20. The van der Waals surface area contributed by atoms with E-state index in [-0.39, 0.29) is 11.3 Å². The zero-order valence-corrected chi connectivity index (χ0v) is 8.73. The van der Waals surface area contributed by atoms with Crippen molar-refractivity contribution in [1.82, 2.24) is 10.2 Å². The molecular weight excluding hydrogens is 230 g/mol. The quantitative estimate of drug-likeness (QED) is 0.682. The highest BCUT2D eigenvalue weighted by molar-refractivity contribution is 7.13. The predicted molar refractivity (Wildman–Crippen MR) is 57.6 cm³/mol. The van der Waals surface area contributed by atoms with Crippen LogP contribution in [0.5, 0.6) is 11.5 Å². The molecule has 0 saturated carbocycles. The number of hydrogen-bond acceptors (Lipinski definition) is 6. The van der Waals surface area contributed by atoms with E-state index in [0.29, 0.717) is 5.13 Å². The molecule has 0 atom stereocenters. The molecule has 0 unspecified atom stereocenters. The first-order valence-corrected chi connectivity index (χ1v) is 5.15. The van der Waals surface area contributed by atoms with Gasteiger partial charge in [-0.3, -0.25) is 10.1 Å². The number of carbonyl (C=O) groups excluding carboxylic acids is 1. The number of anilines is 1. The molecule has 0 aliphatic rings. The number of amides is 1. The van der Waals surface area contributed by atoms with E-state index in [1.807, 2.05) is 0 Å². The number of phenols is 2. The highest BCUT2D eigenvalue weighted by Crippen LogP contribution is 2.28. The van der Waals surface area contributed by atoms with Gasteiger partial charge in [-0.1, -0.05) is 17.4 Å². The lowest BCUT2D eigenvalue weighted by Gasteiger charge is -2.04. The highest BCUT2D eigenvalue weighted by Gasteiger charge is 2.14. The zero-order valence-electron chi connectivity index (χ0n) is 7.91. The van der Waals surface area contributed by atoms with Crippen LogP contribution in [0.4, 0.5) is 5.13 Å². The summed E-state index contributed by atoms with van der Waals surface area (Å²) >= 11 is 1.16. The second-order valence-corrected chi connectivity index (χ2v) is 3.70. The molecule has 0 spiro atoms. The van der Waals surface area contributed by atoms with Gasteiger partial charge >= 0.3 is 0 Å². The Labute approximate surface area is 94.2 Å². The molecule has 2 aromatic rings. The van der Waals surface area contributed by atoms with Crippen molar-refractivity contribution < 1.29 is 15.0 Å². The molecule has 0 fully saturated rings. The minimum absolute atomic E-state index is 0.0183. The first-order chi connectivity index (χ1) is 7.68. The van der Waals surface area contributed by atoms with Crippen LogP contribution in [0.15, 0.2) is 23.7 Å². The Bertz CT molecular complexity index is 513. The molecule has 1 amide bonds. The van der Waals surface area contributed by atoms with Crippen molar-refractivity contribution in [2.24, 2.45) is 0 Å². The molecule has 6 nitrogen and oxygen atoms in total. The summed E-state index contributed by atoms with van der Waals surface area (Å²) in [6, 6.07) is 4.15. The molecule has 0 radical (unpaired) electrons. The molecule has 1 aromatic heterocycles. The van der Waals surface area contributed by atoms with Gasteiger partial charge < -0.3 is 10.2 Å². The van der Waals surface area contributed by atoms with E-state index in [0.717, 1.165) is 11.3 Å². The number of benzene rings is 1. The lowest BCUT2D eigenvalue weighted by Crippen LogP contribution is -2.11. The zero-order chi connectivity index (χ0) is 11.5. The second-order valence-electron chi connectivity index (χ2n) is 2.87. The molecule has 0 aliphatic heterocycles. The van der Waals surface area contributed by atoms with E-state index < -0.39 is 11.7 Å². The molecule has 1 aromatic carbocycles. The maximum absolute atomic E-state index is 11.6. The van der Waals surface area contributed by atoms with Gasteiger partial charge in [0.1, 0.15) is 5.51 Å². The molecule has 2 rings (SSSR count). The molecule has 0 bridgehead atoms. The maximum Gasteiger partial charge on any atom is 0.261 e. The molecule has 0 aliphatic carbocycles. The number of carbonyl (C=O) groups is 1. The fourth-order valence-corrected chi connectivity index (χ4v) is 1.55. The number of aromatic hydroxyl groups is 2. The SMILES string of the molecule is O=C(Nc1nncs1)c1cccc(O)c1O. The number of para-hydroxylation sites is 1. The van der Waals surface area contributed by atoms with Gasteiger partial charge in [-0.05, 0) is 12.1 Å². The standard InChI is InChI=1S/C9H7N3O3S/c13-6-3-1-2-5(7(6)14)8(15)11-9-12-10-4-16-9/h1-4,13-14H,(H,11,12,15). The summed E-state index contributed by atoms with van der Waals surface area (Å²) in [7, 11) is 0. The number of aromatic nitrogens is 2. The Balaban J connectivity index is 2.24. The summed E-state index contributed by atoms with van der Waals surface area (Å²) in [4.78, 5) is 11.6. The topological polar surface area (TPSA) is 95.3 Å². The largest absolute Gasteiger partial charge is 0.504 e. The Hall–Kier alpha value is -2.15. The molecule has 82 valence electrons. The second kappa shape index (κ2) is 4.15. The monoisotopic (exact) mass is 237 g/mol. The van der Waals surface area contributed by atoms with E-state index in [1.54, 1.807) is 0 Å². The summed E-state index contributed by atoms with van der Waals surface area (Å²) in [6.45, 7) is 0. The first-order valence-electron chi connectivity index (χ1n) is 4.27. The van der Waals surface area contributed by atoms with Crippen molar-refractivity contribution in [2.45, 2.75) is 0 Å². The highest BCUT2D eigenvalue weighted by atomic mass is 32.1. The summed E-state index contributed by atoms with van der Waals surface area (Å²) in [5, 5.41) is 28.6. The van der Waals surface area contributed by atoms with Crippen molar-refractivity contribution in [2.75, 3.05) is 5.32 Å². The summed E-state index contributed by atoms with van der Waals surface area (Å²) < 4.78 is 0. The van der Waals surface area contributed by atoms with E-state index in [4.69, 9.17) is 0 Å². The average molecular weight is 237 g/mol. The fraction of sp³-hybridized carbons (Fsp3) is 0. The van der Waals surface area contributed by atoms with E-state index >= 15 is 0 Å². The Morgan fingerprint density at radius 3 is 2.88 bits per heavy atom. The summed E-state index contributed by atoms with van der Waals surface area (Å²) in [6.07, 6.45) is 0. The van der Waals surface area contributed by atoms with Crippen molar-refractivity contribution >= 4 is 22.4 Å². The number of nitrogens with one attached hydrogen (secondary N) is 1. The van der Waals surface area contributed by atoms with Crippen molar-refractivity contribution in [3.63, 3.8) is 0 Å². The van der Waals surface area contributed by atoms with Crippen LogP contribution in [-0.4, -0.2) is 26.3 Å². The van der Waals surface area contributed by atoms with Crippen LogP contribution >= 0.6 is 11.3 Å². The number of phenolic OH excluding ortho intramolecular Hbond substituents is 2. The molecule has 0 saturated heterocycles. The van der Waals surface area contributed by atoms with E-state index in [9.17, 15) is 15.0 Å². The third kappa shape index (κ3) is 1.94. The van der Waals surface area contributed by atoms with Gasteiger partial charge in [-0.2, -0.15) is 0 Å². The van der Waals surface area contributed by atoms with Gasteiger partial charge in [-0.25, -0.2) is 0 Å². The third-order valence-electron chi connectivity index (χ3n) is 1.84. The van der Waals surface area contributed by atoms with Gasteiger partial charge in [0.25, 0.3) is 5.91 Å². The Kier molecular flexibility index (Phi) is 2.69. The third-order valence-corrected chi connectivity index (χ3v) is 2.45. The number of hydrogen-bond donors (Lipinski definition) is 3. The van der Waals surface area contributed by atoms with Gasteiger partial charge in [-0.15, -0.1) is 10.2 Å². The molecular formula is C9H7N3O3S. The van der Waals surface area contributed by atoms with Crippen molar-refractivity contribution in [3.8, 4) is 11.5 Å². The van der Waals surface area contributed by atoms with Crippen LogP contribution in [-0.2, 0) is 0 Å². The summed E-state index contributed by atoms with van der Waals surface area (Å²) in [5.41, 5.74) is 1.45. The minimum Gasteiger partial charge on any atom is -0.504 e. The lowest BCUT2D eigenvalue weighted by atomic mass is 10.2. The van der Waals surface area contributed by atoms with Crippen LogP contribution in [0.2, 0.25) is 0 Å². The average Bonchev–Trinajstić information content (AvgIpc) is 2.74. The van der Waals surface area contributed by atoms with Crippen molar-refractivity contribution in [1.29, 1.82) is 0 Å². The van der Waals surface area contributed by atoms with Crippen LogP contribution < -0.4 is 5.32 Å². The van der Waals surface area contributed by atoms with Crippen LogP contribution in [0.25, 0.3) is 0 Å².